The van der Waals surface area contributed by atoms with Gasteiger partial charge in [-0.3, -0.25) is 4.79 Å². The Kier molecular flexibility index (Phi) is 3.48. The molecule has 2 aromatic rings. The Balaban J connectivity index is 2.18. The smallest absolute Gasteiger partial charge is 0.280 e. The third-order valence-corrected chi connectivity index (χ3v) is 2.55. The summed E-state index contributed by atoms with van der Waals surface area (Å²) in [5, 5.41) is 15.6. The van der Waals surface area contributed by atoms with Gasteiger partial charge in [-0.2, -0.15) is 5.10 Å². The van der Waals surface area contributed by atoms with Crippen LogP contribution >= 0.6 is 0 Å². The van der Waals surface area contributed by atoms with Gasteiger partial charge < -0.3 is 5.32 Å². The van der Waals surface area contributed by atoms with Gasteiger partial charge in [0, 0.05) is 13.6 Å². The Labute approximate surface area is 98.4 Å². The van der Waals surface area contributed by atoms with Crippen molar-refractivity contribution >= 4 is 11.0 Å². The minimum atomic E-state index is -0.138. The quantitative estimate of drug-likeness (QED) is 0.710. The van der Waals surface area contributed by atoms with Crippen LogP contribution in [0.2, 0.25) is 0 Å². The molecule has 0 aliphatic heterocycles. The second kappa shape index (κ2) is 5.05. The van der Waals surface area contributed by atoms with Gasteiger partial charge in [0.1, 0.15) is 5.39 Å². The summed E-state index contributed by atoms with van der Waals surface area (Å²) in [6.45, 7) is 4.28. The molecule has 0 atom stereocenters. The molecular formula is C10H16N6O. The maximum atomic E-state index is 12.0. The summed E-state index contributed by atoms with van der Waals surface area (Å²) in [5.41, 5.74) is 0.383. The van der Waals surface area contributed by atoms with Crippen LogP contribution in [-0.4, -0.2) is 37.9 Å². The monoisotopic (exact) mass is 236 g/mol. The van der Waals surface area contributed by atoms with Gasteiger partial charge in [-0.15, -0.1) is 5.10 Å². The van der Waals surface area contributed by atoms with Crippen molar-refractivity contribution in [2.75, 3.05) is 13.1 Å². The van der Waals surface area contributed by atoms with Gasteiger partial charge in [0.2, 0.25) is 0 Å². The molecule has 0 bridgehead atoms. The van der Waals surface area contributed by atoms with E-state index in [4.69, 9.17) is 0 Å². The van der Waals surface area contributed by atoms with Crippen molar-refractivity contribution in [3.63, 3.8) is 0 Å². The van der Waals surface area contributed by atoms with Crippen LogP contribution in [0.1, 0.15) is 13.3 Å². The lowest BCUT2D eigenvalue weighted by Crippen LogP contribution is -2.30. The average molecular weight is 236 g/mol. The summed E-state index contributed by atoms with van der Waals surface area (Å²) in [6.07, 6.45) is 2.60. The molecule has 92 valence electrons. The van der Waals surface area contributed by atoms with Gasteiger partial charge in [0.25, 0.3) is 5.56 Å². The fourth-order valence-corrected chi connectivity index (χ4v) is 1.61. The van der Waals surface area contributed by atoms with Crippen molar-refractivity contribution in [3.8, 4) is 0 Å². The highest BCUT2D eigenvalue weighted by Crippen LogP contribution is 2.01. The molecule has 0 saturated carbocycles. The summed E-state index contributed by atoms with van der Waals surface area (Å²) in [4.78, 5) is 12.0. The molecule has 2 rings (SSSR count). The van der Waals surface area contributed by atoms with E-state index in [-0.39, 0.29) is 5.56 Å². The Morgan fingerprint density at radius 2 is 2.24 bits per heavy atom. The van der Waals surface area contributed by atoms with E-state index in [2.05, 4.69) is 27.7 Å². The second-order valence-corrected chi connectivity index (χ2v) is 3.87. The lowest BCUT2D eigenvalue weighted by molar-refractivity contribution is 0.511. The van der Waals surface area contributed by atoms with Gasteiger partial charge in [-0.25, -0.2) is 9.36 Å². The maximum Gasteiger partial charge on any atom is 0.280 e. The topological polar surface area (TPSA) is 77.6 Å². The maximum absolute atomic E-state index is 12.0. The molecule has 17 heavy (non-hydrogen) atoms. The van der Waals surface area contributed by atoms with Crippen molar-refractivity contribution in [2.24, 2.45) is 7.05 Å². The van der Waals surface area contributed by atoms with Crippen LogP contribution in [0.5, 0.6) is 0 Å². The fourth-order valence-electron chi connectivity index (χ4n) is 1.61. The summed E-state index contributed by atoms with van der Waals surface area (Å²) in [7, 11) is 1.74. The molecule has 7 heteroatoms. The van der Waals surface area contributed by atoms with Crippen LogP contribution in [-0.2, 0) is 13.6 Å². The predicted molar refractivity (Wildman–Crippen MR) is 63.7 cm³/mol. The number of aromatic nitrogens is 5. The fraction of sp³-hybridized carbons (Fsp3) is 0.600. The number of hydrogen-bond acceptors (Lipinski definition) is 5. The SMILES string of the molecule is CCCNCCn1nnc2c(cnn2C)c1=O. The number of nitrogens with zero attached hydrogens (tertiary/aromatic N) is 5. The molecule has 0 fully saturated rings. The first kappa shape index (κ1) is 11.7. The van der Waals surface area contributed by atoms with Crippen molar-refractivity contribution in [1.82, 2.24) is 30.1 Å². The number of nitrogens with one attached hydrogen (secondary N) is 1. The number of hydrogen-bond donors (Lipinski definition) is 1. The summed E-state index contributed by atoms with van der Waals surface area (Å²) >= 11 is 0. The third-order valence-electron chi connectivity index (χ3n) is 2.55. The van der Waals surface area contributed by atoms with E-state index in [0.29, 0.717) is 24.1 Å². The van der Waals surface area contributed by atoms with E-state index in [1.54, 1.807) is 11.7 Å². The first-order chi connectivity index (χ1) is 8.24. The lowest BCUT2D eigenvalue weighted by Gasteiger charge is -2.04. The minimum Gasteiger partial charge on any atom is -0.315 e. The highest BCUT2D eigenvalue weighted by atomic mass is 16.1. The van der Waals surface area contributed by atoms with E-state index < -0.39 is 0 Å². The first-order valence-electron chi connectivity index (χ1n) is 5.70. The van der Waals surface area contributed by atoms with Crippen molar-refractivity contribution in [1.29, 1.82) is 0 Å². The van der Waals surface area contributed by atoms with Crippen molar-refractivity contribution in [3.05, 3.63) is 16.6 Å². The zero-order chi connectivity index (χ0) is 12.3. The van der Waals surface area contributed by atoms with Gasteiger partial charge in [0.15, 0.2) is 5.65 Å². The van der Waals surface area contributed by atoms with Crippen molar-refractivity contribution in [2.45, 2.75) is 19.9 Å². The zero-order valence-corrected chi connectivity index (χ0v) is 10.1. The van der Waals surface area contributed by atoms with Crippen LogP contribution in [0.4, 0.5) is 0 Å². The van der Waals surface area contributed by atoms with Crippen LogP contribution in [0.15, 0.2) is 11.0 Å². The molecule has 0 aliphatic carbocycles. The van der Waals surface area contributed by atoms with E-state index >= 15 is 0 Å². The highest BCUT2D eigenvalue weighted by molar-refractivity contribution is 5.72. The number of rotatable bonds is 5. The molecule has 0 unspecified atom stereocenters. The summed E-state index contributed by atoms with van der Waals surface area (Å²) < 4.78 is 2.91. The van der Waals surface area contributed by atoms with Crippen LogP contribution < -0.4 is 10.9 Å². The van der Waals surface area contributed by atoms with Gasteiger partial charge >= 0.3 is 0 Å². The Hall–Kier alpha value is -1.76. The normalized spacial score (nSPS) is 11.2. The molecule has 0 saturated heterocycles. The first-order valence-corrected chi connectivity index (χ1v) is 5.70. The van der Waals surface area contributed by atoms with Gasteiger partial charge in [-0.05, 0) is 13.0 Å². The van der Waals surface area contributed by atoms with Crippen LogP contribution in [0, 0.1) is 0 Å². The number of aryl methyl sites for hydroxylation is 1. The zero-order valence-electron chi connectivity index (χ0n) is 10.1. The second-order valence-electron chi connectivity index (χ2n) is 3.87. The predicted octanol–water partition coefficient (Wildman–Crippen LogP) is -0.475. The van der Waals surface area contributed by atoms with Crippen LogP contribution in [0.25, 0.3) is 11.0 Å². The lowest BCUT2D eigenvalue weighted by atomic mass is 10.4. The van der Waals surface area contributed by atoms with E-state index in [9.17, 15) is 4.79 Å². The molecule has 0 aromatic carbocycles. The third kappa shape index (κ3) is 2.33. The molecule has 0 amide bonds. The molecule has 0 aliphatic rings. The summed E-state index contributed by atoms with van der Waals surface area (Å²) in [5.74, 6) is 0. The van der Waals surface area contributed by atoms with Gasteiger partial charge in [0.05, 0.1) is 12.7 Å². The standard InChI is InChI=1S/C10H16N6O/c1-3-4-11-5-6-16-10(17)8-7-12-15(2)9(8)13-14-16/h7,11H,3-6H2,1-2H3. The molecule has 2 aromatic heterocycles. The molecule has 1 N–H and O–H groups in total. The molecule has 2 heterocycles. The van der Waals surface area contributed by atoms with E-state index in [0.717, 1.165) is 13.0 Å². The molecule has 0 spiro atoms. The van der Waals surface area contributed by atoms with Crippen molar-refractivity contribution < 1.29 is 0 Å². The molecular weight excluding hydrogens is 220 g/mol. The largest absolute Gasteiger partial charge is 0.315 e. The molecule has 7 nitrogen and oxygen atoms in total. The highest BCUT2D eigenvalue weighted by Gasteiger charge is 2.08. The van der Waals surface area contributed by atoms with E-state index in [1.807, 2.05) is 0 Å². The Morgan fingerprint density at radius 3 is 3.00 bits per heavy atom. The Bertz CT molecular complexity index is 557. The Morgan fingerprint density at radius 1 is 1.41 bits per heavy atom. The number of fused-ring (bicyclic) bond motifs is 1. The average Bonchev–Trinajstić information content (AvgIpc) is 2.70. The summed E-state index contributed by atoms with van der Waals surface area (Å²) in [6, 6.07) is 0. The minimum absolute atomic E-state index is 0.138. The van der Waals surface area contributed by atoms with Crippen LogP contribution in [0.3, 0.4) is 0 Å². The van der Waals surface area contributed by atoms with Gasteiger partial charge in [-0.1, -0.05) is 12.1 Å². The van der Waals surface area contributed by atoms with E-state index in [1.165, 1.54) is 10.9 Å². The molecule has 0 radical (unpaired) electrons.